The van der Waals surface area contributed by atoms with Gasteiger partial charge in [0.25, 0.3) is 11.6 Å². The minimum atomic E-state index is -0.550. The lowest BCUT2D eigenvalue weighted by molar-refractivity contribution is -0.384. The van der Waals surface area contributed by atoms with Crippen molar-refractivity contribution in [2.75, 3.05) is 5.01 Å². The number of carbonyl (C=O) groups excluding carboxylic acids is 1. The van der Waals surface area contributed by atoms with Crippen molar-refractivity contribution in [3.05, 3.63) is 106 Å². The lowest BCUT2D eigenvalue weighted by Crippen LogP contribution is -2.23. The number of nitro benzene ring substituents is 1. The molecule has 0 atom stereocenters. The van der Waals surface area contributed by atoms with E-state index in [1.165, 1.54) is 85.1 Å². The van der Waals surface area contributed by atoms with E-state index in [0.29, 0.717) is 21.3 Å². The summed E-state index contributed by atoms with van der Waals surface area (Å²) in [5.74, 6) is -1.38. The largest absolute Gasteiger partial charge is 0.273 e. The van der Waals surface area contributed by atoms with Crippen molar-refractivity contribution in [2.24, 2.45) is 5.10 Å². The van der Waals surface area contributed by atoms with Crippen LogP contribution < -0.4 is 5.01 Å². The van der Waals surface area contributed by atoms with E-state index in [4.69, 9.17) is 0 Å². The number of hydrazone groups is 1. The second-order valence-electron chi connectivity index (χ2n) is 6.74. The van der Waals surface area contributed by atoms with Gasteiger partial charge in [-0.25, -0.2) is 13.8 Å². The third-order valence-corrected chi connectivity index (χ3v) is 5.44. The molecule has 0 aliphatic carbocycles. The average molecular weight is 464 g/mol. The van der Waals surface area contributed by atoms with Gasteiger partial charge in [0, 0.05) is 18.2 Å². The van der Waals surface area contributed by atoms with Gasteiger partial charge in [-0.1, -0.05) is 23.5 Å². The van der Waals surface area contributed by atoms with Gasteiger partial charge in [0.05, 0.1) is 21.4 Å². The molecular weight excluding hydrogens is 450 g/mol. The molecule has 7 nitrogen and oxygen atoms in total. The fourth-order valence-electron chi connectivity index (χ4n) is 2.80. The maximum atomic E-state index is 13.6. The topological polar surface area (TPSA) is 88.7 Å². The normalized spacial score (nSPS) is 11.5. The number of benzene rings is 3. The highest BCUT2D eigenvalue weighted by Crippen LogP contribution is 2.30. The third kappa shape index (κ3) is 5.31. The minimum absolute atomic E-state index is 0.0642. The van der Waals surface area contributed by atoms with Gasteiger partial charge in [-0.2, -0.15) is 10.1 Å². The molecule has 33 heavy (non-hydrogen) atoms. The molecule has 3 aromatic carbocycles. The smallest absolute Gasteiger partial charge is 0.267 e. The van der Waals surface area contributed by atoms with Gasteiger partial charge in [-0.05, 0) is 59.7 Å². The SMILES string of the molecule is O=C(/C=C/c1ccc([N+](=O)[O-])cc1)N(/N=C/c1ccc(F)cc1)c1nc2ccc(F)cc2s1. The van der Waals surface area contributed by atoms with E-state index in [1.807, 2.05) is 0 Å². The molecule has 0 spiro atoms. The molecule has 0 N–H and O–H groups in total. The maximum absolute atomic E-state index is 13.6. The lowest BCUT2D eigenvalue weighted by atomic mass is 10.2. The number of hydrogen-bond donors (Lipinski definition) is 0. The van der Waals surface area contributed by atoms with Crippen molar-refractivity contribution < 1.29 is 18.5 Å². The van der Waals surface area contributed by atoms with Gasteiger partial charge in [-0.15, -0.1) is 0 Å². The van der Waals surface area contributed by atoms with Gasteiger partial charge in [0.1, 0.15) is 11.6 Å². The summed E-state index contributed by atoms with van der Waals surface area (Å²) in [6.07, 6.45) is 4.11. The molecule has 4 rings (SSSR count). The first-order chi connectivity index (χ1) is 15.9. The third-order valence-electron chi connectivity index (χ3n) is 4.44. The summed E-state index contributed by atoms with van der Waals surface area (Å²) in [5.41, 5.74) is 1.57. The first-order valence-corrected chi connectivity index (χ1v) is 10.3. The van der Waals surface area contributed by atoms with Crippen LogP contribution >= 0.6 is 11.3 Å². The van der Waals surface area contributed by atoms with Crippen LogP contribution in [-0.2, 0) is 4.79 Å². The van der Waals surface area contributed by atoms with Gasteiger partial charge in [0.15, 0.2) is 0 Å². The minimum Gasteiger partial charge on any atom is -0.267 e. The summed E-state index contributed by atoms with van der Waals surface area (Å²) in [7, 11) is 0. The van der Waals surface area contributed by atoms with Crippen LogP contribution in [0.15, 0.2) is 77.9 Å². The van der Waals surface area contributed by atoms with Crippen LogP contribution in [0.2, 0.25) is 0 Å². The Labute approximate surface area is 190 Å². The summed E-state index contributed by atoms with van der Waals surface area (Å²) in [6.45, 7) is 0. The van der Waals surface area contributed by atoms with Gasteiger partial charge in [-0.3, -0.25) is 14.9 Å². The van der Waals surface area contributed by atoms with Gasteiger partial charge < -0.3 is 0 Å². The Morgan fingerprint density at radius 3 is 2.36 bits per heavy atom. The molecule has 0 aliphatic rings. The summed E-state index contributed by atoms with van der Waals surface area (Å²) in [5, 5.41) is 16.3. The van der Waals surface area contributed by atoms with Crippen molar-refractivity contribution in [2.45, 2.75) is 0 Å². The molecule has 10 heteroatoms. The monoisotopic (exact) mass is 464 g/mol. The second-order valence-corrected chi connectivity index (χ2v) is 7.75. The Kier molecular flexibility index (Phi) is 6.27. The van der Waals surface area contributed by atoms with Crippen LogP contribution in [0.4, 0.5) is 19.6 Å². The first kappa shape index (κ1) is 21.9. The van der Waals surface area contributed by atoms with E-state index in [0.717, 1.165) is 16.3 Å². The Morgan fingerprint density at radius 1 is 1.00 bits per heavy atom. The summed E-state index contributed by atoms with van der Waals surface area (Å²) < 4.78 is 27.3. The number of carbonyl (C=O) groups is 1. The van der Waals surface area contributed by atoms with Crippen LogP contribution in [0.3, 0.4) is 0 Å². The predicted octanol–water partition coefficient (Wildman–Crippen LogP) is 5.56. The average Bonchev–Trinajstić information content (AvgIpc) is 3.22. The molecule has 0 radical (unpaired) electrons. The molecule has 1 amide bonds. The number of hydrogen-bond acceptors (Lipinski definition) is 6. The molecular formula is C23H14F2N4O3S. The summed E-state index contributed by atoms with van der Waals surface area (Å²) in [4.78, 5) is 27.6. The Bertz CT molecular complexity index is 1380. The van der Waals surface area contributed by atoms with Crippen LogP contribution in [0.1, 0.15) is 11.1 Å². The van der Waals surface area contributed by atoms with Crippen LogP contribution in [-0.4, -0.2) is 22.0 Å². The standard InChI is InChI=1S/C23H14F2N4O3S/c24-17-6-1-16(2-7-17)14-26-28(23-27-20-11-8-18(25)13-21(20)33-23)22(30)12-5-15-3-9-19(10-4-15)29(31)32/h1-14H/b12-5+,26-14+. The number of anilines is 1. The van der Waals surface area contributed by atoms with Crippen LogP contribution in [0.5, 0.6) is 0 Å². The van der Waals surface area contributed by atoms with E-state index >= 15 is 0 Å². The van der Waals surface area contributed by atoms with E-state index in [9.17, 15) is 23.7 Å². The first-order valence-electron chi connectivity index (χ1n) is 9.51. The molecule has 1 aromatic heterocycles. The number of rotatable bonds is 6. The summed E-state index contributed by atoms with van der Waals surface area (Å²) >= 11 is 1.08. The number of thiazole rings is 1. The van der Waals surface area contributed by atoms with Crippen molar-refractivity contribution in [1.82, 2.24) is 4.98 Å². The highest BCUT2D eigenvalue weighted by atomic mass is 32.1. The quantitative estimate of drug-likeness (QED) is 0.162. The molecule has 0 aliphatic heterocycles. The molecule has 1 heterocycles. The molecule has 0 unspecified atom stereocenters. The van der Waals surface area contributed by atoms with E-state index in [-0.39, 0.29) is 10.8 Å². The van der Waals surface area contributed by atoms with Crippen molar-refractivity contribution in [3.63, 3.8) is 0 Å². The molecule has 0 saturated carbocycles. The zero-order chi connectivity index (χ0) is 23.4. The number of non-ortho nitro benzene ring substituents is 1. The Balaban J connectivity index is 1.65. The maximum Gasteiger partial charge on any atom is 0.273 e. The highest BCUT2D eigenvalue weighted by Gasteiger charge is 2.17. The van der Waals surface area contributed by atoms with Gasteiger partial charge in [0.2, 0.25) is 5.13 Å². The zero-order valence-electron chi connectivity index (χ0n) is 16.8. The van der Waals surface area contributed by atoms with Gasteiger partial charge >= 0.3 is 0 Å². The predicted molar refractivity (Wildman–Crippen MR) is 123 cm³/mol. The van der Waals surface area contributed by atoms with Crippen LogP contribution in [0, 0.1) is 21.7 Å². The number of aromatic nitrogens is 1. The van der Waals surface area contributed by atoms with E-state index in [2.05, 4.69) is 10.1 Å². The molecule has 0 saturated heterocycles. The Morgan fingerprint density at radius 2 is 1.67 bits per heavy atom. The number of nitro groups is 1. The second kappa shape index (κ2) is 9.45. The fourth-order valence-corrected chi connectivity index (χ4v) is 3.75. The van der Waals surface area contributed by atoms with Crippen LogP contribution in [0.25, 0.3) is 16.3 Å². The van der Waals surface area contributed by atoms with E-state index in [1.54, 1.807) is 0 Å². The fraction of sp³-hybridized carbons (Fsp3) is 0. The lowest BCUT2D eigenvalue weighted by Gasteiger charge is -2.11. The zero-order valence-corrected chi connectivity index (χ0v) is 17.6. The van der Waals surface area contributed by atoms with Crippen molar-refractivity contribution >= 4 is 50.6 Å². The highest BCUT2D eigenvalue weighted by molar-refractivity contribution is 7.22. The molecule has 0 bridgehead atoms. The number of amides is 1. The summed E-state index contributed by atoms with van der Waals surface area (Å²) in [6, 6.07) is 15.3. The molecule has 0 fully saturated rings. The molecule has 164 valence electrons. The Hall–Kier alpha value is -4.31. The number of halogens is 2. The number of nitrogens with zero attached hydrogens (tertiary/aromatic N) is 4. The van der Waals surface area contributed by atoms with E-state index < -0.39 is 22.5 Å². The van der Waals surface area contributed by atoms with Crippen molar-refractivity contribution in [1.29, 1.82) is 0 Å². The van der Waals surface area contributed by atoms with Crippen molar-refractivity contribution in [3.8, 4) is 0 Å². The molecule has 4 aromatic rings. The number of fused-ring (bicyclic) bond motifs is 1.